The highest BCUT2D eigenvalue weighted by Crippen LogP contribution is 2.20. The summed E-state index contributed by atoms with van der Waals surface area (Å²) < 4.78 is 18.0. The lowest BCUT2D eigenvalue weighted by Gasteiger charge is -2.28. The molecule has 1 amide bonds. The molecule has 0 aromatic carbocycles. The van der Waals surface area contributed by atoms with Crippen LogP contribution in [0.25, 0.3) is 0 Å². The summed E-state index contributed by atoms with van der Waals surface area (Å²) in [5.74, 6) is 0. The Morgan fingerprint density at radius 3 is 1.20 bits per heavy atom. The van der Waals surface area contributed by atoms with E-state index in [0.717, 1.165) is 38.5 Å². The largest absolute Gasteiger partial charge is 0.446 e. The van der Waals surface area contributed by atoms with Crippen molar-refractivity contribution in [2.24, 2.45) is 0 Å². The molecule has 0 bridgehead atoms. The van der Waals surface area contributed by atoms with E-state index >= 15 is 0 Å². The topological polar surface area (TPSA) is 56.8 Å². The molecule has 0 aromatic rings. The monoisotopic (exact) mass is 710 g/mol. The molecule has 0 saturated heterocycles. The predicted octanol–water partition coefficient (Wildman–Crippen LogP) is 14.8. The fraction of sp³-hybridized carbons (Fsp3) is 0.978. The summed E-state index contributed by atoms with van der Waals surface area (Å²) in [5.41, 5.74) is -0.365. The zero-order chi connectivity index (χ0) is 37.0. The summed E-state index contributed by atoms with van der Waals surface area (Å²) in [6.45, 7) is 16.9. The number of unbranched alkanes of at least 4 members (excludes halogenated alkanes) is 25. The summed E-state index contributed by atoms with van der Waals surface area (Å²) in [7, 11) is 0. The van der Waals surface area contributed by atoms with E-state index in [1.54, 1.807) is 0 Å². The fourth-order valence-electron chi connectivity index (χ4n) is 6.70. The van der Waals surface area contributed by atoms with Gasteiger partial charge >= 0.3 is 6.09 Å². The Morgan fingerprint density at radius 1 is 0.480 bits per heavy atom. The minimum atomic E-state index is -0.257. The van der Waals surface area contributed by atoms with E-state index in [-0.39, 0.29) is 23.4 Å². The average molecular weight is 710 g/mol. The van der Waals surface area contributed by atoms with E-state index in [9.17, 15) is 4.79 Å². The van der Waals surface area contributed by atoms with Crippen molar-refractivity contribution in [3.05, 3.63) is 0 Å². The first-order valence-electron chi connectivity index (χ1n) is 22.3. The average Bonchev–Trinajstić information content (AvgIpc) is 3.05. The fourth-order valence-corrected chi connectivity index (χ4v) is 6.70. The van der Waals surface area contributed by atoms with E-state index < -0.39 is 0 Å². The Bertz CT molecular complexity index is 704. The molecule has 0 aliphatic rings. The van der Waals surface area contributed by atoms with Gasteiger partial charge in [0.05, 0.1) is 11.2 Å². The molecule has 1 atom stereocenters. The van der Waals surface area contributed by atoms with E-state index in [4.69, 9.17) is 14.2 Å². The highest BCUT2D eigenvalue weighted by molar-refractivity contribution is 5.67. The number of alkyl carbamates (subject to hydrolysis) is 1. The lowest BCUT2D eigenvalue weighted by molar-refractivity contribution is -0.0667. The second-order valence-electron chi connectivity index (χ2n) is 17.0. The Kier molecular flexibility index (Phi) is 34.7. The Balaban J connectivity index is 4.22. The summed E-state index contributed by atoms with van der Waals surface area (Å²) >= 11 is 0. The van der Waals surface area contributed by atoms with Gasteiger partial charge in [-0.05, 0) is 73.1 Å². The zero-order valence-corrected chi connectivity index (χ0v) is 35.3. The van der Waals surface area contributed by atoms with Crippen LogP contribution in [-0.4, -0.2) is 43.2 Å². The van der Waals surface area contributed by atoms with Crippen molar-refractivity contribution < 1.29 is 19.0 Å². The Labute approximate surface area is 314 Å². The van der Waals surface area contributed by atoms with Gasteiger partial charge in [-0.25, -0.2) is 4.79 Å². The predicted molar refractivity (Wildman–Crippen MR) is 218 cm³/mol. The molecule has 0 aromatic heterocycles. The third-order valence-corrected chi connectivity index (χ3v) is 10.1. The summed E-state index contributed by atoms with van der Waals surface area (Å²) in [6, 6.07) is 0. The maximum Gasteiger partial charge on any atom is 0.407 e. The van der Waals surface area contributed by atoms with Gasteiger partial charge in [-0.2, -0.15) is 0 Å². The minimum absolute atomic E-state index is 0.0400. The van der Waals surface area contributed by atoms with Crippen molar-refractivity contribution in [1.29, 1.82) is 0 Å². The molecule has 0 saturated carbocycles. The van der Waals surface area contributed by atoms with Crippen LogP contribution in [0.4, 0.5) is 4.79 Å². The third-order valence-electron chi connectivity index (χ3n) is 10.1. The number of amides is 1. The van der Waals surface area contributed by atoms with Gasteiger partial charge in [0.1, 0.15) is 6.10 Å². The van der Waals surface area contributed by atoms with Crippen LogP contribution < -0.4 is 5.32 Å². The van der Waals surface area contributed by atoms with Crippen LogP contribution in [0.1, 0.15) is 248 Å². The first-order chi connectivity index (χ1) is 24.1. The SMILES string of the molecule is CCCCCCCCCCCCCCCCCCC(CCCCCCCCCCCCC)OC(=O)NCCCOC(C)(C)CCOC(C)(C)C. The molecule has 5 heteroatoms. The van der Waals surface area contributed by atoms with Gasteiger partial charge in [-0.3, -0.25) is 0 Å². The second kappa shape index (κ2) is 35.2. The molecule has 0 fully saturated rings. The van der Waals surface area contributed by atoms with Gasteiger partial charge in [-0.15, -0.1) is 0 Å². The molecule has 0 spiro atoms. The normalized spacial score (nSPS) is 12.8. The van der Waals surface area contributed by atoms with Crippen LogP contribution in [0.3, 0.4) is 0 Å². The molecule has 5 nitrogen and oxygen atoms in total. The lowest BCUT2D eigenvalue weighted by Crippen LogP contribution is -2.32. The van der Waals surface area contributed by atoms with Crippen molar-refractivity contribution >= 4 is 6.09 Å². The standard InChI is InChI=1S/C45H91NO4/c1-8-10-12-14-16-18-20-21-22-23-24-26-28-30-32-34-37-42(36-33-31-29-27-25-19-17-15-13-11-9-2)50-43(47)46-39-35-40-49-45(6,7)38-41-48-44(3,4)5/h42H,8-41H2,1-7H3,(H,46,47). The van der Waals surface area contributed by atoms with Crippen molar-refractivity contribution in [3.63, 3.8) is 0 Å². The molecular formula is C45H91NO4. The van der Waals surface area contributed by atoms with E-state index in [1.165, 1.54) is 161 Å². The van der Waals surface area contributed by atoms with Crippen LogP contribution >= 0.6 is 0 Å². The molecule has 0 heterocycles. The van der Waals surface area contributed by atoms with Crippen LogP contribution in [0.2, 0.25) is 0 Å². The van der Waals surface area contributed by atoms with Gasteiger partial charge in [0.15, 0.2) is 0 Å². The maximum absolute atomic E-state index is 12.7. The van der Waals surface area contributed by atoms with Gasteiger partial charge in [0.2, 0.25) is 0 Å². The number of carbonyl (C=O) groups is 1. The van der Waals surface area contributed by atoms with Crippen LogP contribution in [0, 0.1) is 0 Å². The molecular weight excluding hydrogens is 618 g/mol. The number of rotatable bonds is 38. The smallest absolute Gasteiger partial charge is 0.407 e. The summed E-state index contributed by atoms with van der Waals surface area (Å²) in [4.78, 5) is 12.7. The Morgan fingerprint density at radius 2 is 0.840 bits per heavy atom. The molecule has 1 unspecified atom stereocenters. The van der Waals surface area contributed by atoms with Crippen molar-refractivity contribution in [3.8, 4) is 0 Å². The molecule has 0 rings (SSSR count). The summed E-state index contributed by atoms with van der Waals surface area (Å²) in [5, 5.41) is 3.00. The zero-order valence-electron chi connectivity index (χ0n) is 35.3. The van der Waals surface area contributed by atoms with E-state index in [2.05, 4.69) is 53.8 Å². The highest BCUT2D eigenvalue weighted by atomic mass is 16.6. The maximum atomic E-state index is 12.7. The molecule has 0 aliphatic carbocycles. The highest BCUT2D eigenvalue weighted by Gasteiger charge is 2.20. The van der Waals surface area contributed by atoms with Gasteiger partial charge in [0, 0.05) is 19.8 Å². The van der Waals surface area contributed by atoms with Crippen molar-refractivity contribution in [1.82, 2.24) is 5.32 Å². The minimum Gasteiger partial charge on any atom is -0.446 e. The van der Waals surface area contributed by atoms with Gasteiger partial charge in [-0.1, -0.05) is 174 Å². The lowest BCUT2D eigenvalue weighted by atomic mass is 10.0. The second-order valence-corrected chi connectivity index (χ2v) is 17.0. The number of nitrogens with one attached hydrogen (secondary N) is 1. The first kappa shape index (κ1) is 49.2. The number of hydrogen-bond donors (Lipinski definition) is 1. The van der Waals surface area contributed by atoms with E-state index in [1.807, 2.05) is 0 Å². The molecule has 0 radical (unpaired) electrons. The molecule has 50 heavy (non-hydrogen) atoms. The molecule has 300 valence electrons. The van der Waals surface area contributed by atoms with Crippen LogP contribution in [0.5, 0.6) is 0 Å². The first-order valence-corrected chi connectivity index (χ1v) is 22.3. The van der Waals surface area contributed by atoms with Crippen molar-refractivity contribution in [2.75, 3.05) is 19.8 Å². The Hall–Kier alpha value is -0.810. The number of hydrogen-bond acceptors (Lipinski definition) is 4. The molecule has 0 aliphatic heterocycles. The van der Waals surface area contributed by atoms with Gasteiger partial charge in [0.25, 0.3) is 0 Å². The van der Waals surface area contributed by atoms with Crippen molar-refractivity contribution in [2.45, 2.75) is 265 Å². The quantitative estimate of drug-likeness (QED) is 0.0648. The molecule has 1 N–H and O–H groups in total. The number of ether oxygens (including phenoxy) is 3. The summed E-state index contributed by atoms with van der Waals surface area (Å²) in [6.07, 6.45) is 40.3. The third kappa shape index (κ3) is 38.4. The number of carbonyl (C=O) groups excluding carboxylic acids is 1. The van der Waals surface area contributed by atoms with Gasteiger partial charge < -0.3 is 19.5 Å². The van der Waals surface area contributed by atoms with E-state index in [0.29, 0.717) is 19.8 Å². The van der Waals surface area contributed by atoms with Crippen LogP contribution in [-0.2, 0) is 14.2 Å². The van der Waals surface area contributed by atoms with Crippen LogP contribution in [0.15, 0.2) is 0 Å².